The molecule has 0 fully saturated rings. The topological polar surface area (TPSA) is 117 Å². The molecule has 2 heterocycles. The van der Waals surface area contributed by atoms with Crippen LogP contribution in [0.1, 0.15) is 56.0 Å². The summed E-state index contributed by atoms with van der Waals surface area (Å²) < 4.78 is 4.95. The van der Waals surface area contributed by atoms with Crippen molar-refractivity contribution in [1.29, 1.82) is 5.26 Å². The molecular weight excluding hydrogens is 418 g/mol. The highest BCUT2D eigenvalue weighted by atomic mass is 32.1. The second-order valence-electron chi connectivity index (χ2n) is 7.33. The summed E-state index contributed by atoms with van der Waals surface area (Å²) >= 11 is 1.39. The van der Waals surface area contributed by atoms with E-state index >= 15 is 0 Å². The molecule has 1 N–H and O–H groups in total. The molecule has 0 bridgehead atoms. The number of benzene rings is 1. The number of amides is 3. The summed E-state index contributed by atoms with van der Waals surface area (Å²) in [5.41, 5.74) is 1.95. The van der Waals surface area contributed by atoms with Crippen LogP contribution in [0.4, 0.5) is 5.00 Å². The predicted molar refractivity (Wildman–Crippen MR) is 112 cm³/mol. The zero-order chi connectivity index (χ0) is 22.0. The van der Waals surface area contributed by atoms with Crippen molar-refractivity contribution < 1.29 is 23.9 Å². The number of nitrogens with zero attached hydrogens (tertiary/aromatic N) is 2. The summed E-state index contributed by atoms with van der Waals surface area (Å²) in [5, 5.41) is 12.6. The van der Waals surface area contributed by atoms with Crippen molar-refractivity contribution in [2.45, 2.75) is 32.1 Å². The Bertz CT molecular complexity index is 1100. The molecule has 2 aliphatic rings. The third-order valence-electron chi connectivity index (χ3n) is 5.32. The zero-order valence-corrected chi connectivity index (χ0v) is 17.4. The van der Waals surface area contributed by atoms with Crippen LogP contribution in [0.15, 0.2) is 24.3 Å². The van der Waals surface area contributed by atoms with E-state index in [-0.39, 0.29) is 11.1 Å². The minimum Gasteiger partial charge on any atom is -0.454 e. The molecule has 1 aromatic heterocycles. The van der Waals surface area contributed by atoms with E-state index in [2.05, 4.69) is 11.4 Å². The molecular formula is C22H19N3O5S. The second kappa shape index (κ2) is 8.70. The number of fused-ring (bicyclic) bond motifs is 2. The van der Waals surface area contributed by atoms with Crippen molar-refractivity contribution in [2.75, 3.05) is 18.5 Å². The van der Waals surface area contributed by atoms with Gasteiger partial charge in [0.05, 0.1) is 16.7 Å². The summed E-state index contributed by atoms with van der Waals surface area (Å²) in [4.78, 5) is 50.9. The molecule has 0 saturated carbocycles. The van der Waals surface area contributed by atoms with Gasteiger partial charge in [0.25, 0.3) is 17.7 Å². The number of imide groups is 1. The predicted octanol–water partition coefficient (Wildman–Crippen LogP) is 2.67. The highest BCUT2D eigenvalue weighted by Crippen LogP contribution is 2.36. The first-order valence-corrected chi connectivity index (χ1v) is 10.8. The van der Waals surface area contributed by atoms with Crippen molar-refractivity contribution in [2.24, 2.45) is 0 Å². The average molecular weight is 437 g/mol. The van der Waals surface area contributed by atoms with Crippen LogP contribution in [0.25, 0.3) is 0 Å². The Labute approximate surface area is 182 Å². The lowest BCUT2D eigenvalue weighted by Crippen LogP contribution is -2.36. The van der Waals surface area contributed by atoms with Crippen LogP contribution in [-0.2, 0) is 27.2 Å². The minimum atomic E-state index is -0.868. The van der Waals surface area contributed by atoms with Gasteiger partial charge in [0, 0.05) is 4.88 Å². The summed E-state index contributed by atoms with van der Waals surface area (Å²) in [6.07, 6.45) is 4.90. The van der Waals surface area contributed by atoms with E-state index in [4.69, 9.17) is 4.74 Å². The molecule has 0 radical (unpaired) electrons. The molecule has 2 aromatic rings. The number of rotatable bonds is 5. The fraction of sp³-hybridized carbons (Fsp3) is 0.318. The van der Waals surface area contributed by atoms with Gasteiger partial charge in [-0.05, 0) is 43.4 Å². The van der Waals surface area contributed by atoms with Crippen molar-refractivity contribution in [1.82, 2.24) is 4.90 Å². The van der Waals surface area contributed by atoms with Gasteiger partial charge in [0.15, 0.2) is 6.61 Å². The van der Waals surface area contributed by atoms with E-state index in [1.165, 1.54) is 23.5 Å². The van der Waals surface area contributed by atoms with E-state index in [9.17, 15) is 24.4 Å². The molecule has 3 amide bonds. The third-order valence-corrected chi connectivity index (χ3v) is 6.52. The van der Waals surface area contributed by atoms with Crippen LogP contribution in [0.5, 0.6) is 0 Å². The molecule has 0 spiro atoms. The Kier molecular flexibility index (Phi) is 5.82. The van der Waals surface area contributed by atoms with Gasteiger partial charge in [-0.25, -0.2) is 0 Å². The molecule has 158 valence electrons. The molecule has 4 rings (SSSR count). The van der Waals surface area contributed by atoms with E-state index in [0.717, 1.165) is 47.4 Å². The lowest BCUT2D eigenvalue weighted by molar-refractivity contribution is -0.147. The summed E-state index contributed by atoms with van der Waals surface area (Å²) in [6.45, 7) is -1.15. The van der Waals surface area contributed by atoms with Crippen molar-refractivity contribution >= 4 is 40.0 Å². The van der Waals surface area contributed by atoms with Gasteiger partial charge in [-0.1, -0.05) is 18.6 Å². The number of ether oxygens (including phenoxy) is 1. The largest absolute Gasteiger partial charge is 0.454 e. The van der Waals surface area contributed by atoms with Gasteiger partial charge in [-0.15, -0.1) is 11.3 Å². The molecule has 0 unspecified atom stereocenters. The lowest BCUT2D eigenvalue weighted by atomic mass is 10.1. The monoisotopic (exact) mass is 437 g/mol. The number of aryl methyl sites for hydroxylation is 1. The van der Waals surface area contributed by atoms with Crippen LogP contribution < -0.4 is 5.32 Å². The fourth-order valence-electron chi connectivity index (χ4n) is 3.82. The summed E-state index contributed by atoms with van der Waals surface area (Å²) in [7, 11) is 0. The number of thiophene rings is 1. The highest BCUT2D eigenvalue weighted by molar-refractivity contribution is 7.16. The Hall–Kier alpha value is -3.51. The van der Waals surface area contributed by atoms with Crippen LogP contribution in [0.3, 0.4) is 0 Å². The number of anilines is 1. The van der Waals surface area contributed by atoms with Gasteiger partial charge in [-0.2, -0.15) is 5.26 Å². The van der Waals surface area contributed by atoms with E-state index < -0.39 is 36.8 Å². The van der Waals surface area contributed by atoms with E-state index in [0.29, 0.717) is 10.6 Å². The van der Waals surface area contributed by atoms with Crippen LogP contribution in [0.2, 0.25) is 0 Å². The molecule has 31 heavy (non-hydrogen) atoms. The van der Waals surface area contributed by atoms with Crippen molar-refractivity contribution in [3.63, 3.8) is 0 Å². The molecule has 1 aromatic carbocycles. The number of hydrogen-bond donors (Lipinski definition) is 1. The minimum absolute atomic E-state index is 0.236. The first kappa shape index (κ1) is 20.8. The van der Waals surface area contributed by atoms with Crippen molar-refractivity contribution in [3.8, 4) is 6.07 Å². The van der Waals surface area contributed by atoms with E-state index in [1.54, 1.807) is 12.1 Å². The third kappa shape index (κ3) is 4.07. The van der Waals surface area contributed by atoms with Crippen LogP contribution in [0, 0.1) is 11.3 Å². The summed E-state index contributed by atoms with van der Waals surface area (Å²) in [5.74, 6) is -2.59. The molecule has 1 aliphatic carbocycles. The van der Waals surface area contributed by atoms with Gasteiger partial charge < -0.3 is 10.1 Å². The maximum atomic E-state index is 12.3. The number of hydrogen-bond acceptors (Lipinski definition) is 7. The van der Waals surface area contributed by atoms with Gasteiger partial charge >= 0.3 is 5.97 Å². The Morgan fingerprint density at radius 3 is 2.45 bits per heavy atom. The normalized spacial score (nSPS) is 15.0. The van der Waals surface area contributed by atoms with Gasteiger partial charge in [0.2, 0.25) is 0 Å². The molecule has 9 heteroatoms. The standard InChI is InChI=1S/C22H19N3O5S/c23-10-16-13-6-2-1-3-9-17(13)31-20(16)24-18(26)12-30-19(27)11-25-21(28)14-7-4-5-8-15(14)22(25)29/h4-5,7-8H,1-3,6,9,11-12H2,(H,24,26). The Morgan fingerprint density at radius 1 is 1.10 bits per heavy atom. The average Bonchev–Trinajstić information content (AvgIpc) is 3.09. The smallest absolute Gasteiger partial charge is 0.326 e. The number of nitriles is 1. The molecule has 1 aliphatic heterocycles. The molecule has 0 saturated heterocycles. The second-order valence-corrected chi connectivity index (χ2v) is 8.44. The number of nitrogens with one attached hydrogen (secondary N) is 1. The van der Waals surface area contributed by atoms with Gasteiger partial charge in [-0.3, -0.25) is 24.1 Å². The summed E-state index contributed by atoms with van der Waals surface area (Å²) in [6, 6.07) is 8.48. The Balaban J connectivity index is 1.34. The zero-order valence-electron chi connectivity index (χ0n) is 16.6. The maximum absolute atomic E-state index is 12.3. The number of carbonyl (C=O) groups excluding carboxylic acids is 4. The van der Waals surface area contributed by atoms with E-state index in [1.807, 2.05) is 0 Å². The van der Waals surface area contributed by atoms with Gasteiger partial charge in [0.1, 0.15) is 17.6 Å². The fourth-order valence-corrected chi connectivity index (χ4v) is 5.07. The highest BCUT2D eigenvalue weighted by Gasteiger charge is 2.36. The molecule has 0 atom stereocenters. The molecule has 8 nitrogen and oxygen atoms in total. The number of carbonyl (C=O) groups is 4. The van der Waals surface area contributed by atoms with Crippen LogP contribution in [-0.4, -0.2) is 41.7 Å². The van der Waals surface area contributed by atoms with Crippen molar-refractivity contribution in [3.05, 3.63) is 51.4 Å². The quantitative estimate of drug-likeness (QED) is 0.437. The first-order valence-electron chi connectivity index (χ1n) is 9.95. The maximum Gasteiger partial charge on any atom is 0.326 e. The lowest BCUT2D eigenvalue weighted by Gasteiger charge is -2.13. The Morgan fingerprint density at radius 2 is 1.77 bits per heavy atom. The first-order chi connectivity index (χ1) is 15.0. The number of esters is 1. The SMILES string of the molecule is N#Cc1c(NC(=O)COC(=O)CN2C(=O)c3ccccc3C2=O)sc2c1CCCCC2. The van der Waals surface area contributed by atoms with Crippen LogP contribution >= 0.6 is 11.3 Å².